The largest absolute Gasteiger partial charge is 0.416 e. The van der Waals surface area contributed by atoms with Gasteiger partial charge in [-0.15, -0.1) is 10.2 Å². The second kappa shape index (κ2) is 11.0. The predicted molar refractivity (Wildman–Crippen MR) is 184 cm³/mol. The molecule has 45 heavy (non-hydrogen) atoms. The van der Waals surface area contributed by atoms with Crippen molar-refractivity contribution in [2.24, 2.45) is 0 Å². The van der Waals surface area contributed by atoms with Crippen LogP contribution in [0.5, 0.6) is 0 Å². The number of hydrogen-bond acceptors (Lipinski definition) is 4. The van der Waals surface area contributed by atoms with Crippen molar-refractivity contribution < 1.29 is 4.42 Å². The van der Waals surface area contributed by atoms with Crippen molar-refractivity contribution in [3.8, 4) is 28.6 Å². The van der Waals surface area contributed by atoms with Crippen molar-refractivity contribution >= 4 is 38.9 Å². The summed E-state index contributed by atoms with van der Waals surface area (Å²) in [6, 6.07) is 51.0. The van der Waals surface area contributed by atoms with Gasteiger partial charge in [-0.2, -0.15) is 0 Å². The first-order valence-electron chi connectivity index (χ1n) is 15.1. The monoisotopic (exact) mass is 582 g/mol. The highest BCUT2D eigenvalue weighted by Gasteiger charge is 2.18. The summed E-state index contributed by atoms with van der Waals surface area (Å²) in [7, 11) is 0. The highest BCUT2D eigenvalue weighted by Crippen LogP contribution is 2.40. The van der Waals surface area contributed by atoms with Gasteiger partial charge < -0.3 is 13.9 Å². The van der Waals surface area contributed by atoms with E-state index in [1.54, 1.807) is 0 Å². The number of fused-ring (bicyclic) bond motifs is 3. The zero-order valence-corrected chi connectivity index (χ0v) is 25.1. The van der Waals surface area contributed by atoms with Gasteiger partial charge in [0, 0.05) is 44.6 Å². The van der Waals surface area contributed by atoms with Gasteiger partial charge in [0.05, 0.1) is 11.0 Å². The van der Waals surface area contributed by atoms with Gasteiger partial charge in [0.2, 0.25) is 11.8 Å². The molecular weight excluding hydrogens is 552 g/mol. The van der Waals surface area contributed by atoms with Crippen molar-refractivity contribution in [1.29, 1.82) is 0 Å². The van der Waals surface area contributed by atoms with Crippen LogP contribution in [0, 0.1) is 13.8 Å². The molecule has 5 nitrogen and oxygen atoms in total. The minimum atomic E-state index is 0.497. The summed E-state index contributed by atoms with van der Waals surface area (Å²) in [5, 5.41) is 11.1. The summed E-state index contributed by atoms with van der Waals surface area (Å²) in [5.74, 6) is 1.02. The maximum Gasteiger partial charge on any atom is 0.248 e. The van der Waals surface area contributed by atoms with Gasteiger partial charge in [-0.25, -0.2) is 0 Å². The van der Waals surface area contributed by atoms with Gasteiger partial charge in [0.1, 0.15) is 0 Å². The van der Waals surface area contributed by atoms with Gasteiger partial charge in [0.15, 0.2) is 0 Å². The van der Waals surface area contributed by atoms with Crippen LogP contribution in [0.4, 0.5) is 17.1 Å². The van der Waals surface area contributed by atoms with Crippen LogP contribution in [-0.2, 0) is 0 Å². The summed E-state index contributed by atoms with van der Waals surface area (Å²) >= 11 is 0. The van der Waals surface area contributed by atoms with E-state index in [0.29, 0.717) is 11.8 Å². The van der Waals surface area contributed by atoms with Gasteiger partial charge in [-0.3, -0.25) is 0 Å². The minimum absolute atomic E-state index is 0.497. The van der Waals surface area contributed by atoms with E-state index < -0.39 is 0 Å². The van der Waals surface area contributed by atoms with Gasteiger partial charge in [-0.05, 0) is 98.8 Å². The third-order valence-corrected chi connectivity index (χ3v) is 8.21. The molecular formula is C40H30N4O. The van der Waals surface area contributed by atoms with E-state index in [0.717, 1.165) is 45.0 Å². The molecule has 0 aliphatic heterocycles. The van der Waals surface area contributed by atoms with Crippen molar-refractivity contribution in [2.75, 3.05) is 4.90 Å². The molecule has 2 aromatic heterocycles. The number of aryl methyl sites for hydroxylation is 2. The number of anilines is 3. The van der Waals surface area contributed by atoms with Crippen LogP contribution in [0.3, 0.4) is 0 Å². The fourth-order valence-corrected chi connectivity index (χ4v) is 6.29. The van der Waals surface area contributed by atoms with Crippen molar-refractivity contribution in [2.45, 2.75) is 13.8 Å². The summed E-state index contributed by atoms with van der Waals surface area (Å²) in [6.45, 7) is 4.15. The van der Waals surface area contributed by atoms with Gasteiger partial charge >= 0.3 is 0 Å². The molecule has 5 heteroatoms. The van der Waals surface area contributed by atoms with E-state index in [2.05, 4.69) is 161 Å². The van der Waals surface area contributed by atoms with E-state index in [9.17, 15) is 0 Å². The molecule has 0 amide bonds. The Bertz CT molecular complexity index is 2260. The third-order valence-electron chi connectivity index (χ3n) is 8.21. The fourth-order valence-electron chi connectivity index (χ4n) is 6.29. The van der Waals surface area contributed by atoms with Crippen molar-refractivity contribution in [3.63, 3.8) is 0 Å². The number of rotatable bonds is 6. The van der Waals surface area contributed by atoms with E-state index in [1.165, 1.54) is 21.8 Å². The summed E-state index contributed by atoms with van der Waals surface area (Å²) in [6.07, 6.45) is 0. The molecule has 0 unspecified atom stereocenters. The Balaban J connectivity index is 1.21. The molecule has 0 atom stereocenters. The van der Waals surface area contributed by atoms with Gasteiger partial charge in [-0.1, -0.05) is 71.8 Å². The second-order valence-corrected chi connectivity index (χ2v) is 11.4. The number of benzene rings is 6. The lowest BCUT2D eigenvalue weighted by Gasteiger charge is -2.25. The van der Waals surface area contributed by atoms with Crippen molar-refractivity contribution in [3.05, 3.63) is 157 Å². The molecule has 6 aromatic carbocycles. The first-order valence-corrected chi connectivity index (χ1v) is 15.1. The lowest BCUT2D eigenvalue weighted by molar-refractivity contribution is 0.584. The summed E-state index contributed by atoms with van der Waals surface area (Å²) in [4.78, 5) is 2.28. The standard InChI is InChI=1S/C40H30N4O/c1-27-23-28(2)25-30(24-27)40-42-41-39(45-40)29-17-19-33(20-18-29)43(31-11-5-3-6-12-31)34-21-22-38-36(26-34)35-15-9-10-16-37(35)44(38)32-13-7-4-8-14-32/h3-26H,1-2H3. The van der Waals surface area contributed by atoms with E-state index >= 15 is 0 Å². The maximum absolute atomic E-state index is 6.13. The Labute approximate surface area is 261 Å². The Morgan fingerprint density at radius 1 is 0.489 bits per heavy atom. The average molecular weight is 583 g/mol. The molecule has 0 fully saturated rings. The SMILES string of the molecule is Cc1cc(C)cc(-c2nnc(-c3ccc(N(c4ccccc4)c4ccc5c(c4)c4ccccc4n5-c4ccccc4)cc3)o2)c1. The van der Waals surface area contributed by atoms with Gasteiger partial charge in [0.25, 0.3) is 0 Å². The van der Waals surface area contributed by atoms with Crippen LogP contribution in [0.15, 0.2) is 150 Å². The van der Waals surface area contributed by atoms with Crippen LogP contribution < -0.4 is 4.90 Å². The van der Waals surface area contributed by atoms with E-state index in [1.807, 2.05) is 18.2 Å². The normalized spacial score (nSPS) is 11.3. The van der Waals surface area contributed by atoms with Crippen LogP contribution in [0.2, 0.25) is 0 Å². The Morgan fingerprint density at radius 3 is 1.80 bits per heavy atom. The van der Waals surface area contributed by atoms with Crippen LogP contribution in [-0.4, -0.2) is 14.8 Å². The smallest absolute Gasteiger partial charge is 0.248 e. The second-order valence-electron chi connectivity index (χ2n) is 11.4. The maximum atomic E-state index is 6.13. The van der Waals surface area contributed by atoms with Crippen molar-refractivity contribution in [1.82, 2.24) is 14.8 Å². The number of hydrogen-bond donors (Lipinski definition) is 0. The highest BCUT2D eigenvalue weighted by molar-refractivity contribution is 6.10. The molecule has 0 radical (unpaired) electrons. The molecule has 216 valence electrons. The average Bonchev–Trinajstić information content (AvgIpc) is 3.70. The number of para-hydroxylation sites is 3. The molecule has 0 aliphatic rings. The Kier molecular flexibility index (Phi) is 6.50. The van der Waals surface area contributed by atoms with E-state index in [-0.39, 0.29) is 0 Å². The van der Waals surface area contributed by atoms with E-state index in [4.69, 9.17) is 4.42 Å². The Morgan fingerprint density at radius 2 is 1.07 bits per heavy atom. The topological polar surface area (TPSA) is 47.1 Å². The molecule has 0 aliphatic carbocycles. The zero-order chi connectivity index (χ0) is 30.3. The van der Waals surface area contributed by atoms with Crippen LogP contribution in [0.1, 0.15) is 11.1 Å². The molecule has 2 heterocycles. The first kappa shape index (κ1) is 26.7. The third kappa shape index (κ3) is 4.85. The number of nitrogens with zero attached hydrogens (tertiary/aromatic N) is 4. The molecule has 0 saturated carbocycles. The predicted octanol–water partition coefficient (Wildman–Crippen LogP) is 10.6. The summed E-state index contributed by atoms with van der Waals surface area (Å²) < 4.78 is 8.47. The molecule has 0 bridgehead atoms. The first-order chi connectivity index (χ1) is 22.1. The van der Waals surface area contributed by atoms with Crippen LogP contribution >= 0.6 is 0 Å². The quantitative estimate of drug-likeness (QED) is 0.196. The number of aromatic nitrogens is 3. The van der Waals surface area contributed by atoms with Crippen LogP contribution in [0.25, 0.3) is 50.4 Å². The molecule has 0 saturated heterocycles. The lowest BCUT2D eigenvalue weighted by atomic mass is 10.1. The molecule has 0 N–H and O–H groups in total. The molecule has 8 aromatic rings. The lowest BCUT2D eigenvalue weighted by Crippen LogP contribution is -2.09. The fraction of sp³-hybridized carbons (Fsp3) is 0.0500. The molecule has 0 spiro atoms. The molecule has 8 rings (SSSR count). The minimum Gasteiger partial charge on any atom is -0.416 e. The summed E-state index contributed by atoms with van der Waals surface area (Å²) in [5.41, 5.74) is 10.8. The zero-order valence-electron chi connectivity index (χ0n) is 25.1. The highest BCUT2D eigenvalue weighted by atomic mass is 16.4. The Hall–Kier alpha value is -5.94.